The molecule has 0 saturated carbocycles. The molecule has 1 N–H and O–H groups in total. The molecule has 1 aromatic heterocycles. The van der Waals surface area contributed by atoms with Gasteiger partial charge in [0.2, 0.25) is 0 Å². The summed E-state index contributed by atoms with van der Waals surface area (Å²) in [5.74, 6) is 0.653. The number of anilines is 1. The average Bonchev–Trinajstić information content (AvgIpc) is 3.00. The molecule has 1 heterocycles. The van der Waals surface area contributed by atoms with Gasteiger partial charge >= 0.3 is 0 Å². The van der Waals surface area contributed by atoms with E-state index in [1.54, 1.807) is 30.3 Å². The standard InChI is InChI=1S/C18H13Cl2NO2/c19-15-8-6-13(11-16(15)20)21-18(22)17-9-7-14(23-17)10-12-4-2-1-3-5-12/h1-9,11H,10H2,(H,21,22). The van der Waals surface area contributed by atoms with Crippen molar-refractivity contribution in [3.05, 3.63) is 87.8 Å². The number of benzene rings is 2. The van der Waals surface area contributed by atoms with Gasteiger partial charge in [0.1, 0.15) is 5.76 Å². The summed E-state index contributed by atoms with van der Waals surface area (Å²) in [6.07, 6.45) is 0.640. The van der Waals surface area contributed by atoms with Crippen LogP contribution in [0.15, 0.2) is 65.1 Å². The second kappa shape index (κ2) is 6.90. The molecule has 0 unspecified atom stereocenters. The van der Waals surface area contributed by atoms with Crippen LogP contribution in [0, 0.1) is 0 Å². The lowest BCUT2D eigenvalue weighted by Crippen LogP contribution is -2.10. The van der Waals surface area contributed by atoms with Crippen LogP contribution in [0.25, 0.3) is 0 Å². The molecule has 3 rings (SSSR count). The summed E-state index contributed by atoms with van der Waals surface area (Å²) in [5.41, 5.74) is 1.68. The van der Waals surface area contributed by atoms with Crippen LogP contribution in [-0.2, 0) is 6.42 Å². The maximum Gasteiger partial charge on any atom is 0.291 e. The molecule has 0 bridgehead atoms. The second-order valence-corrected chi connectivity index (χ2v) is 5.83. The zero-order chi connectivity index (χ0) is 16.2. The summed E-state index contributed by atoms with van der Waals surface area (Å²) >= 11 is 11.8. The molecule has 23 heavy (non-hydrogen) atoms. The van der Waals surface area contributed by atoms with Gasteiger partial charge in [0, 0.05) is 12.1 Å². The lowest BCUT2D eigenvalue weighted by Gasteiger charge is -2.04. The molecule has 0 radical (unpaired) electrons. The molecule has 0 aliphatic carbocycles. The van der Waals surface area contributed by atoms with Crippen LogP contribution in [0.2, 0.25) is 10.0 Å². The van der Waals surface area contributed by atoms with Crippen LogP contribution in [0.1, 0.15) is 21.9 Å². The topological polar surface area (TPSA) is 42.2 Å². The van der Waals surface area contributed by atoms with E-state index < -0.39 is 0 Å². The Kier molecular flexibility index (Phi) is 4.70. The fraction of sp³-hybridized carbons (Fsp3) is 0.0556. The van der Waals surface area contributed by atoms with E-state index in [-0.39, 0.29) is 11.7 Å². The summed E-state index contributed by atoms with van der Waals surface area (Å²) in [7, 11) is 0. The van der Waals surface area contributed by atoms with Crippen molar-refractivity contribution in [3.63, 3.8) is 0 Å². The van der Waals surface area contributed by atoms with Gasteiger partial charge in [-0.2, -0.15) is 0 Å². The number of rotatable bonds is 4. The van der Waals surface area contributed by atoms with Gasteiger partial charge in [0.05, 0.1) is 10.0 Å². The maximum atomic E-state index is 12.2. The van der Waals surface area contributed by atoms with E-state index in [2.05, 4.69) is 5.32 Å². The first-order valence-corrected chi connectivity index (χ1v) is 7.76. The third kappa shape index (κ3) is 3.95. The zero-order valence-corrected chi connectivity index (χ0v) is 13.6. The van der Waals surface area contributed by atoms with Crippen molar-refractivity contribution < 1.29 is 9.21 Å². The molecule has 3 nitrogen and oxygen atoms in total. The minimum atomic E-state index is -0.331. The van der Waals surface area contributed by atoms with Gasteiger partial charge in [-0.15, -0.1) is 0 Å². The fourth-order valence-corrected chi connectivity index (χ4v) is 2.46. The molecule has 2 aromatic carbocycles. The number of carbonyl (C=O) groups excluding carboxylic acids is 1. The van der Waals surface area contributed by atoms with Crippen molar-refractivity contribution in [2.75, 3.05) is 5.32 Å². The van der Waals surface area contributed by atoms with E-state index >= 15 is 0 Å². The third-order valence-electron chi connectivity index (χ3n) is 3.28. The van der Waals surface area contributed by atoms with Crippen LogP contribution in [0.3, 0.4) is 0 Å². The van der Waals surface area contributed by atoms with Gasteiger partial charge in [-0.25, -0.2) is 0 Å². The largest absolute Gasteiger partial charge is 0.456 e. The highest BCUT2D eigenvalue weighted by Crippen LogP contribution is 2.25. The predicted octanol–water partition coefficient (Wildman–Crippen LogP) is 5.43. The Morgan fingerprint density at radius 1 is 0.957 bits per heavy atom. The van der Waals surface area contributed by atoms with Crippen LogP contribution in [0.5, 0.6) is 0 Å². The number of hydrogen-bond donors (Lipinski definition) is 1. The number of furan rings is 1. The molecule has 3 aromatic rings. The van der Waals surface area contributed by atoms with Gasteiger partial charge in [-0.1, -0.05) is 53.5 Å². The molecular formula is C18H13Cl2NO2. The van der Waals surface area contributed by atoms with Crippen LogP contribution in [0.4, 0.5) is 5.69 Å². The molecule has 0 spiro atoms. The number of nitrogens with one attached hydrogen (secondary N) is 1. The lowest BCUT2D eigenvalue weighted by molar-refractivity contribution is 0.0995. The lowest BCUT2D eigenvalue weighted by atomic mass is 10.1. The Hall–Kier alpha value is -2.23. The molecule has 0 aliphatic rings. The van der Waals surface area contributed by atoms with Gasteiger partial charge in [0.15, 0.2) is 5.76 Å². The summed E-state index contributed by atoms with van der Waals surface area (Å²) in [4.78, 5) is 12.2. The maximum absolute atomic E-state index is 12.2. The molecule has 5 heteroatoms. The average molecular weight is 346 g/mol. The molecular weight excluding hydrogens is 333 g/mol. The first-order chi connectivity index (χ1) is 11.1. The van der Waals surface area contributed by atoms with E-state index in [4.69, 9.17) is 27.6 Å². The normalized spacial score (nSPS) is 10.5. The van der Waals surface area contributed by atoms with E-state index in [9.17, 15) is 4.79 Å². The summed E-state index contributed by atoms with van der Waals surface area (Å²) < 4.78 is 5.60. The summed E-state index contributed by atoms with van der Waals surface area (Å²) in [6, 6.07) is 18.3. The minimum Gasteiger partial charge on any atom is -0.456 e. The Morgan fingerprint density at radius 3 is 2.48 bits per heavy atom. The first kappa shape index (κ1) is 15.7. The van der Waals surface area contributed by atoms with Crippen molar-refractivity contribution in [1.82, 2.24) is 0 Å². The highest BCUT2D eigenvalue weighted by Gasteiger charge is 2.12. The van der Waals surface area contributed by atoms with E-state index in [1.165, 1.54) is 0 Å². The number of hydrogen-bond acceptors (Lipinski definition) is 2. The number of carbonyl (C=O) groups is 1. The highest BCUT2D eigenvalue weighted by molar-refractivity contribution is 6.42. The molecule has 0 aliphatic heterocycles. The zero-order valence-electron chi connectivity index (χ0n) is 12.1. The highest BCUT2D eigenvalue weighted by atomic mass is 35.5. The van der Waals surface area contributed by atoms with Gasteiger partial charge in [-0.3, -0.25) is 4.79 Å². The quantitative estimate of drug-likeness (QED) is 0.684. The Labute approximate surface area is 143 Å². The Balaban J connectivity index is 1.69. The van der Waals surface area contributed by atoms with Gasteiger partial charge in [0.25, 0.3) is 5.91 Å². The number of amides is 1. The van der Waals surface area contributed by atoms with E-state index in [0.29, 0.717) is 22.2 Å². The van der Waals surface area contributed by atoms with Crippen molar-refractivity contribution in [2.24, 2.45) is 0 Å². The Morgan fingerprint density at radius 2 is 1.74 bits per heavy atom. The van der Waals surface area contributed by atoms with Crippen LogP contribution >= 0.6 is 23.2 Å². The van der Waals surface area contributed by atoms with Crippen molar-refractivity contribution in [1.29, 1.82) is 0 Å². The monoisotopic (exact) mass is 345 g/mol. The molecule has 0 fully saturated rings. The molecule has 116 valence electrons. The molecule has 0 saturated heterocycles. The first-order valence-electron chi connectivity index (χ1n) is 7.01. The fourth-order valence-electron chi connectivity index (χ4n) is 2.16. The number of halogens is 2. The van der Waals surface area contributed by atoms with E-state index in [0.717, 1.165) is 11.3 Å². The minimum absolute atomic E-state index is 0.252. The van der Waals surface area contributed by atoms with Crippen molar-refractivity contribution in [2.45, 2.75) is 6.42 Å². The van der Waals surface area contributed by atoms with Crippen molar-refractivity contribution in [3.8, 4) is 0 Å². The van der Waals surface area contributed by atoms with Crippen LogP contribution < -0.4 is 5.32 Å². The Bertz CT molecular complexity index is 828. The van der Waals surface area contributed by atoms with Gasteiger partial charge < -0.3 is 9.73 Å². The van der Waals surface area contributed by atoms with E-state index in [1.807, 2.05) is 30.3 Å². The van der Waals surface area contributed by atoms with Gasteiger partial charge in [-0.05, 0) is 35.9 Å². The summed E-state index contributed by atoms with van der Waals surface area (Å²) in [6.45, 7) is 0. The van der Waals surface area contributed by atoms with Crippen LogP contribution in [-0.4, -0.2) is 5.91 Å². The molecule has 1 amide bonds. The molecule has 0 atom stereocenters. The smallest absolute Gasteiger partial charge is 0.291 e. The predicted molar refractivity (Wildman–Crippen MR) is 92.4 cm³/mol. The second-order valence-electron chi connectivity index (χ2n) is 5.01. The summed E-state index contributed by atoms with van der Waals surface area (Å²) in [5, 5.41) is 3.55. The SMILES string of the molecule is O=C(Nc1ccc(Cl)c(Cl)c1)c1ccc(Cc2ccccc2)o1. The van der Waals surface area contributed by atoms with Crippen molar-refractivity contribution >= 4 is 34.8 Å². The third-order valence-corrected chi connectivity index (χ3v) is 4.02.